The van der Waals surface area contributed by atoms with Gasteiger partial charge in [0.2, 0.25) is 0 Å². The van der Waals surface area contributed by atoms with Crippen molar-refractivity contribution in [2.45, 2.75) is 13.3 Å². The Balaban J connectivity index is 3.37. The molecule has 0 bridgehead atoms. The van der Waals surface area contributed by atoms with Crippen molar-refractivity contribution in [1.82, 2.24) is 0 Å². The molecule has 1 nitrogen and oxygen atoms in total. The molecule has 0 rings (SSSR count). The molecule has 1 heteroatoms. The molecule has 0 aliphatic heterocycles. The van der Waals surface area contributed by atoms with Crippen LogP contribution in [0.5, 0.6) is 0 Å². The highest BCUT2D eigenvalue weighted by Crippen LogP contribution is 1.92. The molecule has 0 amide bonds. The monoisotopic (exact) mass is 112 g/mol. The van der Waals surface area contributed by atoms with Gasteiger partial charge in [0.15, 0.2) is 0 Å². The molecule has 0 aromatic heterocycles. The second-order valence-electron chi connectivity index (χ2n) is 1.48. The van der Waals surface area contributed by atoms with Gasteiger partial charge >= 0.3 is 0 Å². The van der Waals surface area contributed by atoms with E-state index in [1.54, 1.807) is 7.11 Å². The van der Waals surface area contributed by atoms with Gasteiger partial charge < -0.3 is 4.74 Å². The Morgan fingerprint density at radius 1 is 1.75 bits per heavy atom. The molecule has 0 aliphatic carbocycles. The van der Waals surface area contributed by atoms with Crippen LogP contribution in [-0.2, 0) is 4.74 Å². The lowest BCUT2D eigenvalue weighted by Crippen LogP contribution is -1.75. The van der Waals surface area contributed by atoms with Gasteiger partial charge in [-0.15, -0.1) is 0 Å². The van der Waals surface area contributed by atoms with Crippen molar-refractivity contribution in [2.24, 2.45) is 0 Å². The van der Waals surface area contributed by atoms with Crippen LogP contribution in [0, 0.1) is 0 Å². The van der Waals surface area contributed by atoms with Crippen LogP contribution in [0.4, 0.5) is 0 Å². The third-order valence-electron chi connectivity index (χ3n) is 0.802. The Kier molecular flexibility index (Phi) is 4.04. The average Bonchev–Trinajstić information content (AvgIpc) is 1.83. The summed E-state index contributed by atoms with van der Waals surface area (Å²) in [5.74, 6) is 0.715. The molecule has 0 aliphatic rings. The van der Waals surface area contributed by atoms with Gasteiger partial charge in [-0.1, -0.05) is 19.6 Å². The Morgan fingerprint density at radius 2 is 2.38 bits per heavy atom. The minimum Gasteiger partial charge on any atom is -0.497 e. The molecular weight excluding hydrogens is 100 g/mol. The molecule has 0 spiro atoms. The zero-order chi connectivity index (χ0) is 6.41. The Morgan fingerprint density at radius 3 is 2.75 bits per heavy atom. The number of methoxy groups -OCH3 is 1. The van der Waals surface area contributed by atoms with Crippen molar-refractivity contribution in [3.05, 3.63) is 24.5 Å². The second-order valence-corrected chi connectivity index (χ2v) is 1.48. The van der Waals surface area contributed by atoms with Crippen LogP contribution in [0.2, 0.25) is 0 Å². The van der Waals surface area contributed by atoms with Crippen LogP contribution >= 0.6 is 0 Å². The van der Waals surface area contributed by atoms with E-state index in [1.807, 2.05) is 12.2 Å². The van der Waals surface area contributed by atoms with Crippen LogP contribution in [0.15, 0.2) is 24.5 Å². The zero-order valence-corrected chi connectivity index (χ0v) is 5.48. The summed E-state index contributed by atoms with van der Waals surface area (Å²) in [5.41, 5.74) is 0. The first-order chi connectivity index (χ1) is 3.81. The maximum absolute atomic E-state index is 4.77. The van der Waals surface area contributed by atoms with Crippen molar-refractivity contribution < 1.29 is 4.74 Å². The summed E-state index contributed by atoms with van der Waals surface area (Å²) in [6.45, 7) is 5.67. The predicted molar refractivity (Wildman–Crippen MR) is 35.6 cm³/mol. The van der Waals surface area contributed by atoms with Gasteiger partial charge in [0.05, 0.1) is 7.11 Å². The topological polar surface area (TPSA) is 9.23 Å². The molecule has 0 N–H and O–H groups in total. The lowest BCUT2D eigenvalue weighted by molar-refractivity contribution is 0.308. The maximum Gasteiger partial charge on any atom is 0.111 e. The van der Waals surface area contributed by atoms with E-state index in [1.165, 1.54) is 0 Å². The molecule has 0 heterocycles. The Bertz CT molecular complexity index is 92.6. The normalized spacial score (nSPS) is 9.75. The summed E-state index contributed by atoms with van der Waals surface area (Å²) < 4.78 is 4.77. The van der Waals surface area contributed by atoms with E-state index in [2.05, 4.69) is 13.5 Å². The van der Waals surface area contributed by atoms with E-state index in [4.69, 9.17) is 4.74 Å². The molecule has 46 valence electrons. The molecule has 0 aromatic rings. The average molecular weight is 112 g/mol. The molecule has 0 atom stereocenters. The van der Waals surface area contributed by atoms with E-state index < -0.39 is 0 Å². The second kappa shape index (κ2) is 4.44. The highest BCUT2D eigenvalue weighted by Gasteiger charge is 1.76. The van der Waals surface area contributed by atoms with Crippen LogP contribution in [0.1, 0.15) is 13.3 Å². The maximum atomic E-state index is 4.77. The molecular formula is C7H12O. The van der Waals surface area contributed by atoms with E-state index in [0.717, 1.165) is 6.42 Å². The largest absolute Gasteiger partial charge is 0.497 e. The van der Waals surface area contributed by atoms with Crippen LogP contribution in [-0.4, -0.2) is 7.11 Å². The molecule has 0 aromatic carbocycles. The van der Waals surface area contributed by atoms with E-state index in [0.29, 0.717) is 5.76 Å². The summed E-state index contributed by atoms with van der Waals surface area (Å²) in [5, 5.41) is 0. The van der Waals surface area contributed by atoms with Crippen LogP contribution in [0.25, 0.3) is 0 Å². The van der Waals surface area contributed by atoms with E-state index >= 15 is 0 Å². The predicted octanol–water partition coefficient (Wildman–Crippen LogP) is 2.11. The van der Waals surface area contributed by atoms with Crippen molar-refractivity contribution in [2.75, 3.05) is 7.11 Å². The Hall–Kier alpha value is -0.720. The Labute approximate surface area is 50.7 Å². The van der Waals surface area contributed by atoms with E-state index in [9.17, 15) is 0 Å². The van der Waals surface area contributed by atoms with Gasteiger partial charge in [-0.05, 0) is 12.5 Å². The van der Waals surface area contributed by atoms with E-state index in [-0.39, 0.29) is 0 Å². The lowest BCUT2D eigenvalue weighted by Gasteiger charge is -1.92. The fourth-order valence-corrected chi connectivity index (χ4v) is 0.317. The first-order valence-electron chi connectivity index (χ1n) is 2.70. The van der Waals surface area contributed by atoms with Gasteiger partial charge in [-0.25, -0.2) is 0 Å². The number of ether oxygens (including phenoxy) is 1. The first-order valence-corrected chi connectivity index (χ1v) is 2.70. The molecule has 8 heavy (non-hydrogen) atoms. The number of rotatable bonds is 3. The summed E-state index contributed by atoms with van der Waals surface area (Å²) in [4.78, 5) is 0. The highest BCUT2D eigenvalue weighted by molar-refractivity contribution is 5.05. The number of hydrogen-bond acceptors (Lipinski definition) is 1. The van der Waals surface area contributed by atoms with Gasteiger partial charge in [0.25, 0.3) is 0 Å². The minimum atomic E-state index is 0.715. The van der Waals surface area contributed by atoms with Crippen molar-refractivity contribution in [3.63, 3.8) is 0 Å². The standard InChI is InChI=1S/C7H12O/c1-4-5-6-7(2)8-3/h5-6H,2,4H2,1,3H3. The first kappa shape index (κ1) is 7.28. The SMILES string of the molecule is C=C(C=CCC)OC. The minimum absolute atomic E-state index is 0.715. The third-order valence-corrected chi connectivity index (χ3v) is 0.802. The highest BCUT2D eigenvalue weighted by atomic mass is 16.5. The molecule has 0 fully saturated rings. The third kappa shape index (κ3) is 3.47. The van der Waals surface area contributed by atoms with Crippen LogP contribution in [0.3, 0.4) is 0 Å². The fourth-order valence-electron chi connectivity index (χ4n) is 0.317. The van der Waals surface area contributed by atoms with Gasteiger partial charge in [0.1, 0.15) is 5.76 Å². The smallest absolute Gasteiger partial charge is 0.111 e. The van der Waals surface area contributed by atoms with Gasteiger partial charge in [0, 0.05) is 0 Å². The van der Waals surface area contributed by atoms with Crippen LogP contribution < -0.4 is 0 Å². The summed E-state index contributed by atoms with van der Waals surface area (Å²) in [7, 11) is 1.61. The number of hydrogen-bond donors (Lipinski definition) is 0. The molecule has 0 saturated heterocycles. The van der Waals surface area contributed by atoms with Gasteiger partial charge in [-0.2, -0.15) is 0 Å². The summed E-state index contributed by atoms with van der Waals surface area (Å²) in [6, 6.07) is 0. The van der Waals surface area contributed by atoms with Crippen molar-refractivity contribution in [1.29, 1.82) is 0 Å². The fraction of sp³-hybridized carbons (Fsp3) is 0.429. The summed E-state index contributed by atoms with van der Waals surface area (Å²) >= 11 is 0. The van der Waals surface area contributed by atoms with Crippen molar-refractivity contribution >= 4 is 0 Å². The summed E-state index contributed by atoms with van der Waals surface area (Å²) in [6.07, 6.45) is 4.90. The molecule has 0 radical (unpaired) electrons. The van der Waals surface area contributed by atoms with Gasteiger partial charge in [-0.3, -0.25) is 0 Å². The quantitative estimate of drug-likeness (QED) is 0.401. The number of allylic oxidation sites excluding steroid dienone is 2. The molecule has 0 saturated carbocycles. The zero-order valence-electron chi connectivity index (χ0n) is 5.48. The molecule has 0 unspecified atom stereocenters. The lowest BCUT2D eigenvalue weighted by atomic mass is 10.4. The van der Waals surface area contributed by atoms with Crippen molar-refractivity contribution in [3.8, 4) is 0 Å².